The van der Waals surface area contributed by atoms with Crippen LogP contribution in [0.15, 0.2) is 12.4 Å². The smallest absolute Gasteiger partial charge is 0.316 e. The van der Waals surface area contributed by atoms with E-state index in [9.17, 15) is 9.18 Å². The summed E-state index contributed by atoms with van der Waals surface area (Å²) in [7, 11) is 0. The van der Waals surface area contributed by atoms with Gasteiger partial charge in [0, 0.05) is 13.0 Å². The van der Waals surface area contributed by atoms with Crippen LogP contribution in [0.1, 0.15) is 44.9 Å². The molecular weight excluding hydrogens is 321 g/mol. The molecule has 0 radical (unpaired) electrons. The first-order valence-corrected chi connectivity index (χ1v) is 9.53. The van der Waals surface area contributed by atoms with Crippen LogP contribution in [0.3, 0.4) is 0 Å². The van der Waals surface area contributed by atoms with Crippen molar-refractivity contribution in [2.24, 2.45) is 23.2 Å². The summed E-state index contributed by atoms with van der Waals surface area (Å²) < 4.78 is 18.6. The molecule has 6 heteroatoms. The molecule has 5 nitrogen and oxygen atoms in total. The Labute approximate surface area is 147 Å². The Balaban J connectivity index is 1.25. The number of aromatic nitrogens is 2. The Morgan fingerprint density at radius 2 is 1.72 bits per heavy atom. The molecule has 1 aliphatic heterocycles. The number of rotatable bonds is 3. The van der Waals surface area contributed by atoms with Crippen molar-refractivity contribution in [1.82, 2.24) is 14.9 Å². The van der Waals surface area contributed by atoms with Crippen LogP contribution < -0.4 is 4.74 Å². The zero-order valence-electron chi connectivity index (χ0n) is 14.4. The lowest BCUT2D eigenvalue weighted by atomic mass is 9.49. The van der Waals surface area contributed by atoms with Crippen molar-refractivity contribution < 1.29 is 13.9 Å². The van der Waals surface area contributed by atoms with Crippen LogP contribution in [0.5, 0.6) is 6.01 Å². The summed E-state index contributed by atoms with van der Waals surface area (Å²) in [6, 6.07) is 0.190. The zero-order valence-corrected chi connectivity index (χ0v) is 14.4. The fraction of sp³-hybridized carbons (Fsp3) is 0.737. The number of likely N-dealkylation sites (tertiary alicyclic amines) is 1. The molecule has 5 aliphatic rings. The van der Waals surface area contributed by atoms with Crippen molar-refractivity contribution in [2.45, 2.75) is 51.0 Å². The van der Waals surface area contributed by atoms with Crippen LogP contribution >= 0.6 is 0 Å². The molecule has 0 aromatic carbocycles. The highest BCUT2D eigenvalue weighted by Crippen LogP contribution is 2.60. The van der Waals surface area contributed by atoms with Gasteiger partial charge < -0.3 is 9.64 Å². The third-order valence-electron chi connectivity index (χ3n) is 6.79. The number of carbonyl (C=O) groups excluding carboxylic acids is 1. The summed E-state index contributed by atoms with van der Waals surface area (Å²) in [5.74, 6) is 2.21. The van der Waals surface area contributed by atoms with Crippen molar-refractivity contribution in [3.63, 3.8) is 0 Å². The van der Waals surface area contributed by atoms with Gasteiger partial charge in [0.2, 0.25) is 5.91 Å². The molecule has 4 aliphatic carbocycles. The van der Waals surface area contributed by atoms with E-state index in [-0.39, 0.29) is 17.5 Å². The third-order valence-corrected chi connectivity index (χ3v) is 6.79. The average molecular weight is 345 g/mol. The number of hydrogen-bond acceptors (Lipinski definition) is 4. The van der Waals surface area contributed by atoms with Crippen molar-refractivity contribution in [3.05, 3.63) is 18.2 Å². The van der Waals surface area contributed by atoms with Gasteiger partial charge >= 0.3 is 6.01 Å². The molecule has 6 rings (SSSR count). The standard InChI is InChI=1S/C19H24FN3O2/c20-15-9-21-18(22-10-15)25-16-1-2-23(11-16)17(24)19-6-12-3-13(7-19)5-14(4-12)8-19/h9-10,12-14,16H,1-8,11H2/t12?,13?,14?,16-,19?/m1/s1. The highest BCUT2D eigenvalue weighted by molar-refractivity contribution is 5.83. The second-order valence-electron chi connectivity index (χ2n) is 8.66. The topological polar surface area (TPSA) is 55.3 Å². The number of hydrogen-bond donors (Lipinski definition) is 0. The van der Waals surface area contributed by atoms with Gasteiger partial charge in [-0.1, -0.05) is 0 Å². The summed E-state index contributed by atoms with van der Waals surface area (Å²) in [6.07, 6.45) is 10.2. The van der Waals surface area contributed by atoms with E-state index in [2.05, 4.69) is 9.97 Å². The average Bonchev–Trinajstić information content (AvgIpc) is 3.03. The Morgan fingerprint density at radius 1 is 1.12 bits per heavy atom. The van der Waals surface area contributed by atoms with Gasteiger partial charge in [0.25, 0.3) is 0 Å². The molecule has 0 spiro atoms. The Bertz CT molecular complexity index is 642. The van der Waals surface area contributed by atoms with Crippen molar-refractivity contribution in [3.8, 4) is 6.01 Å². The Kier molecular flexibility index (Phi) is 3.51. The molecule has 25 heavy (non-hydrogen) atoms. The fourth-order valence-electron chi connectivity index (χ4n) is 6.23. The van der Waals surface area contributed by atoms with Gasteiger partial charge in [0.15, 0.2) is 5.82 Å². The molecule has 1 saturated heterocycles. The van der Waals surface area contributed by atoms with E-state index in [1.54, 1.807) is 0 Å². The lowest BCUT2D eigenvalue weighted by Crippen LogP contribution is -2.54. The number of carbonyl (C=O) groups is 1. The van der Waals surface area contributed by atoms with E-state index in [4.69, 9.17) is 4.74 Å². The molecule has 1 amide bonds. The van der Waals surface area contributed by atoms with Gasteiger partial charge in [-0.25, -0.2) is 14.4 Å². The van der Waals surface area contributed by atoms with E-state index < -0.39 is 5.82 Å². The fourth-order valence-corrected chi connectivity index (χ4v) is 6.23. The molecular formula is C19H24FN3O2. The summed E-state index contributed by atoms with van der Waals surface area (Å²) >= 11 is 0. The second-order valence-corrected chi connectivity index (χ2v) is 8.66. The van der Waals surface area contributed by atoms with E-state index >= 15 is 0 Å². The predicted octanol–water partition coefficient (Wildman–Crippen LogP) is 2.81. The molecule has 2 heterocycles. The maximum absolute atomic E-state index is 13.3. The normalized spacial score (nSPS) is 39.0. The predicted molar refractivity (Wildman–Crippen MR) is 88.2 cm³/mol. The van der Waals surface area contributed by atoms with Gasteiger partial charge in [0.05, 0.1) is 24.4 Å². The van der Waals surface area contributed by atoms with Gasteiger partial charge in [-0.15, -0.1) is 0 Å². The van der Waals surface area contributed by atoms with E-state index in [0.29, 0.717) is 12.5 Å². The van der Waals surface area contributed by atoms with E-state index in [1.165, 1.54) is 19.3 Å². The third kappa shape index (κ3) is 2.70. The van der Waals surface area contributed by atoms with Gasteiger partial charge in [0.1, 0.15) is 6.10 Å². The molecule has 0 N–H and O–H groups in total. The second kappa shape index (κ2) is 5.64. The summed E-state index contributed by atoms with van der Waals surface area (Å²) in [5.41, 5.74) is -0.0873. The van der Waals surface area contributed by atoms with Crippen molar-refractivity contribution in [1.29, 1.82) is 0 Å². The molecule has 134 valence electrons. The van der Waals surface area contributed by atoms with Crippen molar-refractivity contribution in [2.75, 3.05) is 13.1 Å². The van der Waals surface area contributed by atoms with E-state index in [0.717, 1.165) is 62.4 Å². The van der Waals surface area contributed by atoms with Crippen molar-refractivity contribution >= 4 is 5.91 Å². The first kappa shape index (κ1) is 15.5. The molecule has 0 unspecified atom stereocenters. The molecule has 5 fully saturated rings. The van der Waals surface area contributed by atoms with Crippen LogP contribution in [0.4, 0.5) is 4.39 Å². The summed E-state index contributed by atoms with van der Waals surface area (Å²) in [5, 5.41) is 0. The molecule has 4 saturated carbocycles. The van der Waals surface area contributed by atoms with Gasteiger partial charge in [-0.3, -0.25) is 4.79 Å². The number of halogens is 1. The first-order chi connectivity index (χ1) is 12.1. The Hall–Kier alpha value is -1.72. The largest absolute Gasteiger partial charge is 0.458 e. The van der Waals surface area contributed by atoms with Gasteiger partial charge in [-0.2, -0.15) is 0 Å². The molecule has 1 atom stereocenters. The van der Waals surface area contributed by atoms with Crippen LogP contribution in [0, 0.1) is 29.0 Å². The highest BCUT2D eigenvalue weighted by atomic mass is 19.1. The SMILES string of the molecule is O=C(N1CC[C@@H](Oc2ncc(F)cn2)C1)C12CC3CC(CC(C3)C1)C2. The number of nitrogens with zero attached hydrogens (tertiary/aromatic N) is 3. The number of ether oxygens (including phenoxy) is 1. The molecule has 4 bridgehead atoms. The van der Waals surface area contributed by atoms with E-state index in [1.807, 2.05) is 4.90 Å². The minimum absolute atomic E-state index is 0.0873. The van der Waals surface area contributed by atoms with Crippen LogP contribution in [-0.4, -0.2) is 40.0 Å². The minimum Gasteiger partial charge on any atom is -0.458 e. The summed E-state index contributed by atoms with van der Waals surface area (Å²) in [4.78, 5) is 23.0. The maximum Gasteiger partial charge on any atom is 0.316 e. The quantitative estimate of drug-likeness (QED) is 0.845. The minimum atomic E-state index is -0.475. The first-order valence-electron chi connectivity index (χ1n) is 9.53. The molecule has 1 aromatic heterocycles. The number of amides is 1. The molecule has 1 aromatic rings. The maximum atomic E-state index is 13.3. The lowest BCUT2D eigenvalue weighted by molar-refractivity contribution is -0.156. The van der Waals surface area contributed by atoms with Crippen LogP contribution in [0.25, 0.3) is 0 Å². The summed E-state index contributed by atoms with van der Waals surface area (Å²) in [6.45, 7) is 1.34. The lowest BCUT2D eigenvalue weighted by Gasteiger charge is -2.56. The van der Waals surface area contributed by atoms with Crippen LogP contribution in [-0.2, 0) is 4.79 Å². The highest BCUT2D eigenvalue weighted by Gasteiger charge is 2.56. The van der Waals surface area contributed by atoms with Crippen LogP contribution in [0.2, 0.25) is 0 Å². The van der Waals surface area contributed by atoms with Gasteiger partial charge in [-0.05, 0) is 56.3 Å². The Morgan fingerprint density at radius 3 is 2.32 bits per heavy atom. The monoisotopic (exact) mass is 345 g/mol. The zero-order chi connectivity index (χ0) is 17.0.